The number of anilines is 1. The molecule has 0 saturated heterocycles. The van der Waals surface area contributed by atoms with Crippen LogP contribution in [-0.4, -0.2) is 70.6 Å². The van der Waals surface area contributed by atoms with Gasteiger partial charge in [-0.15, -0.1) is 10.1 Å². The molecule has 234 valence electrons. The predicted octanol–water partition coefficient (Wildman–Crippen LogP) is 2.62. The summed E-state index contributed by atoms with van der Waals surface area (Å²) in [6.07, 6.45) is 0.558. The van der Waals surface area contributed by atoms with Gasteiger partial charge in [-0.25, -0.2) is 4.79 Å². The van der Waals surface area contributed by atoms with Crippen molar-refractivity contribution in [2.75, 3.05) is 18.0 Å². The van der Waals surface area contributed by atoms with E-state index in [1.165, 1.54) is 0 Å². The van der Waals surface area contributed by atoms with Gasteiger partial charge in [0, 0.05) is 36.7 Å². The molecule has 6 N–H and O–H groups in total. The minimum absolute atomic E-state index is 0.0186. The van der Waals surface area contributed by atoms with Crippen molar-refractivity contribution >= 4 is 23.6 Å². The van der Waals surface area contributed by atoms with Gasteiger partial charge < -0.3 is 36.3 Å². The normalized spacial score (nSPS) is 22.3. The second kappa shape index (κ2) is 13.7. The van der Waals surface area contributed by atoms with Gasteiger partial charge in [0.1, 0.15) is 6.10 Å². The minimum atomic E-state index is -1.14. The number of rotatable bonds is 12. The summed E-state index contributed by atoms with van der Waals surface area (Å²) in [6.45, 7) is 7.62. The largest absolute Gasteiger partial charge is 0.465 e. The summed E-state index contributed by atoms with van der Waals surface area (Å²) in [6, 6.07) is 6.30. The van der Waals surface area contributed by atoms with Crippen LogP contribution >= 0.6 is 0 Å². The third-order valence-electron chi connectivity index (χ3n) is 8.68. The second-order valence-electron chi connectivity index (χ2n) is 13.0. The summed E-state index contributed by atoms with van der Waals surface area (Å²) in [4.78, 5) is 54.6. The van der Waals surface area contributed by atoms with Crippen molar-refractivity contribution in [2.24, 2.45) is 22.5 Å². The van der Waals surface area contributed by atoms with Crippen molar-refractivity contribution in [3.63, 3.8) is 0 Å². The van der Waals surface area contributed by atoms with E-state index in [9.17, 15) is 34.7 Å². The van der Waals surface area contributed by atoms with E-state index >= 15 is 0 Å². The Hall–Kier alpha value is -3.45. The third-order valence-corrected chi connectivity index (χ3v) is 8.68. The number of fused-ring (bicyclic) bond motifs is 1. The number of hydrogen-bond donors (Lipinski definition) is 5. The van der Waals surface area contributed by atoms with E-state index in [1.54, 1.807) is 4.90 Å². The molecule has 2 aliphatic rings. The van der Waals surface area contributed by atoms with Gasteiger partial charge >= 0.3 is 6.09 Å². The highest BCUT2D eigenvalue weighted by atomic mass is 17.0. The van der Waals surface area contributed by atoms with Gasteiger partial charge in [-0.3, -0.25) is 9.59 Å². The van der Waals surface area contributed by atoms with Gasteiger partial charge in [-0.2, -0.15) is 0 Å². The summed E-state index contributed by atoms with van der Waals surface area (Å²) < 4.78 is 0. The number of nitrogens with two attached hydrogens (primary N) is 1. The van der Waals surface area contributed by atoms with E-state index in [1.807, 2.05) is 52.0 Å². The van der Waals surface area contributed by atoms with Crippen LogP contribution in [0.3, 0.4) is 0 Å². The van der Waals surface area contributed by atoms with Gasteiger partial charge in [0.25, 0.3) is 5.09 Å². The summed E-state index contributed by atoms with van der Waals surface area (Å²) in [5, 5.41) is 35.1. The van der Waals surface area contributed by atoms with Crippen LogP contribution in [0.25, 0.3) is 0 Å². The highest BCUT2D eigenvalue weighted by Crippen LogP contribution is 2.39. The first kappa shape index (κ1) is 33.1. The molecular weight excluding hydrogens is 546 g/mol. The van der Waals surface area contributed by atoms with Crippen LogP contribution in [0.2, 0.25) is 0 Å². The molecule has 3 atom stereocenters. The molecule has 3 rings (SSSR count). The summed E-state index contributed by atoms with van der Waals surface area (Å²) in [5.41, 5.74) is 6.65. The van der Waals surface area contributed by atoms with Crippen molar-refractivity contribution < 1.29 is 34.5 Å². The molecule has 1 aromatic rings. The molecule has 1 saturated carbocycles. The fraction of sp³-hybridized carbons (Fsp3) is 0.690. The number of nitrogens with zero attached hydrogens (tertiary/aromatic N) is 2. The van der Waals surface area contributed by atoms with Crippen LogP contribution in [0.15, 0.2) is 24.3 Å². The van der Waals surface area contributed by atoms with Crippen LogP contribution in [0.5, 0.6) is 0 Å². The van der Waals surface area contributed by atoms with Gasteiger partial charge in [0.15, 0.2) is 0 Å². The van der Waals surface area contributed by atoms with E-state index in [2.05, 4.69) is 15.5 Å². The average Bonchev–Trinajstić information content (AvgIpc) is 2.90. The van der Waals surface area contributed by atoms with Crippen molar-refractivity contribution in [1.29, 1.82) is 0 Å². The summed E-state index contributed by atoms with van der Waals surface area (Å²) in [7, 11) is 0. The monoisotopic (exact) mass is 591 g/mol. The number of hydrogen-bond acceptors (Lipinski definition) is 8. The van der Waals surface area contributed by atoms with E-state index in [4.69, 9.17) is 5.73 Å². The molecular formula is C29H45N5O8. The lowest BCUT2D eigenvalue weighted by Gasteiger charge is -2.38. The molecule has 1 unspecified atom stereocenters. The number of nitrogens with one attached hydrogen (secondary N) is 2. The molecule has 42 heavy (non-hydrogen) atoms. The first-order chi connectivity index (χ1) is 19.6. The summed E-state index contributed by atoms with van der Waals surface area (Å²) >= 11 is 0. The Labute approximate surface area is 246 Å². The Bertz CT molecular complexity index is 1130. The molecule has 3 amide bonds. The standard InChI is InChI=1S/C29H45N5O8/c1-28(2,15-25(36)33-17-20(32-27(38)39)13-18-7-5-6-8-23(18)33)14-22(30)24(35)16-31-26(37)29(3,4)19-9-11-21(12-10-19)42-34(40)41/h5-8,19-22,24,32,35H,9-17,30H2,1-4H3,(H,31,37)(H,38,39)/t19?,20?,21?,22-,24-/m0/s1. The van der Waals surface area contributed by atoms with Gasteiger partial charge in [0.2, 0.25) is 11.8 Å². The van der Waals surface area contributed by atoms with Crippen LogP contribution in [-0.2, 0) is 20.8 Å². The Morgan fingerprint density at radius 1 is 1.17 bits per heavy atom. The third kappa shape index (κ3) is 8.78. The minimum Gasteiger partial charge on any atom is -0.465 e. The zero-order chi connectivity index (χ0) is 31.2. The zero-order valence-corrected chi connectivity index (χ0v) is 24.9. The lowest BCUT2D eigenvalue weighted by molar-refractivity contribution is -0.769. The highest BCUT2D eigenvalue weighted by Gasteiger charge is 2.40. The molecule has 13 nitrogen and oxygen atoms in total. The lowest BCUT2D eigenvalue weighted by atomic mass is 9.70. The second-order valence-corrected chi connectivity index (χ2v) is 13.0. The van der Waals surface area contributed by atoms with E-state index in [0.717, 1.165) is 11.3 Å². The first-order valence-corrected chi connectivity index (χ1v) is 14.5. The Balaban J connectivity index is 1.52. The molecule has 1 heterocycles. The molecule has 1 aromatic carbocycles. The Kier molecular flexibility index (Phi) is 10.8. The van der Waals surface area contributed by atoms with Crippen molar-refractivity contribution in [3.8, 4) is 0 Å². The maximum atomic E-state index is 13.5. The SMILES string of the molecule is CC(C)(CC(=O)N1CC(NC(=O)O)Cc2ccccc21)C[C@H](N)[C@@H](O)CNC(=O)C(C)(C)C1CCC(O[N+](=O)[O-])CC1. The highest BCUT2D eigenvalue weighted by molar-refractivity contribution is 5.95. The van der Waals surface area contributed by atoms with Crippen molar-refractivity contribution in [3.05, 3.63) is 39.9 Å². The quantitative estimate of drug-likeness (QED) is 0.179. The van der Waals surface area contributed by atoms with Gasteiger partial charge in [-0.1, -0.05) is 45.9 Å². The van der Waals surface area contributed by atoms with E-state index in [-0.39, 0.29) is 37.2 Å². The molecule has 0 aromatic heterocycles. The maximum Gasteiger partial charge on any atom is 0.404 e. The van der Waals surface area contributed by atoms with E-state index in [0.29, 0.717) is 38.5 Å². The topological polar surface area (TPSA) is 197 Å². The molecule has 13 heteroatoms. The number of carboxylic acid groups (broad SMARTS) is 1. The maximum absolute atomic E-state index is 13.5. The van der Waals surface area contributed by atoms with Crippen LogP contribution in [0.1, 0.15) is 71.8 Å². The molecule has 1 aliphatic carbocycles. The molecule has 0 spiro atoms. The zero-order valence-electron chi connectivity index (χ0n) is 24.9. The molecule has 0 radical (unpaired) electrons. The van der Waals surface area contributed by atoms with E-state index < -0.39 is 46.3 Å². The number of carbonyl (C=O) groups is 3. The fourth-order valence-corrected chi connectivity index (χ4v) is 6.23. The number of aliphatic hydroxyl groups is 1. The molecule has 0 bridgehead atoms. The predicted molar refractivity (Wildman–Crippen MR) is 155 cm³/mol. The van der Waals surface area contributed by atoms with Crippen molar-refractivity contribution in [2.45, 2.75) is 96.9 Å². The smallest absolute Gasteiger partial charge is 0.404 e. The first-order valence-electron chi connectivity index (χ1n) is 14.5. The number of aliphatic hydroxyl groups excluding tert-OH is 1. The van der Waals surface area contributed by atoms with Crippen LogP contribution < -0.4 is 21.3 Å². The van der Waals surface area contributed by atoms with Gasteiger partial charge in [-0.05, 0) is 61.5 Å². The average molecular weight is 592 g/mol. The van der Waals surface area contributed by atoms with Crippen LogP contribution in [0, 0.1) is 26.9 Å². The number of carbonyl (C=O) groups excluding carboxylic acids is 2. The summed E-state index contributed by atoms with van der Waals surface area (Å²) in [5.74, 6) is -0.375. The number of para-hydroxylation sites is 1. The van der Waals surface area contributed by atoms with Gasteiger partial charge in [0.05, 0.1) is 12.1 Å². The molecule has 1 aliphatic heterocycles. The number of benzene rings is 1. The molecule has 1 fully saturated rings. The lowest BCUT2D eigenvalue weighted by Crippen LogP contribution is -2.51. The number of amides is 3. The van der Waals surface area contributed by atoms with Crippen molar-refractivity contribution in [1.82, 2.24) is 10.6 Å². The fourth-order valence-electron chi connectivity index (χ4n) is 6.23. The Morgan fingerprint density at radius 2 is 1.81 bits per heavy atom. The van der Waals surface area contributed by atoms with Crippen LogP contribution in [0.4, 0.5) is 10.5 Å². The Morgan fingerprint density at radius 3 is 2.43 bits per heavy atom.